The monoisotopic (exact) mass is 903 g/mol. The summed E-state index contributed by atoms with van der Waals surface area (Å²) in [5, 5.41) is 0. The van der Waals surface area contributed by atoms with Gasteiger partial charge in [0, 0.05) is 19.3 Å². The van der Waals surface area contributed by atoms with E-state index >= 15 is 0 Å². The first-order chi connectivity index (χ1) is 31.5. The van der Waals surface area contributed by atoms with Gasteiger partial charge in [0.15, 0.2) is 6.10 Å². The average molecular weight is 904 g/mol. The lowest BCUT2D eigenvalue weighted by molar-refractivity contribution is -0.167. The lowest BCUT2D eigenvalue weighted by atomic mass is 10.0. The van der Waals surface area contributed by atoms with Gasteiger partial charge in [-0.25, -0.2) is 0 Å². The van der Waals surface area contributed by atoms with Crippen LogP contribution in [0.1, 0.15) is 323 Å². The standard InChI is InChI=1S/C58H110O6/c1-4-7-10-13-16-19-22-24-26-28-30-31-33-36-39-42-45-48-51-57(60)63-54-55(53-62-56(59)50-47-44-41-38-35-21-18-15-12-9-6-3)64-58(61)52-49-46-43-40-37-34-32-29-27-25-23-20-17-14-11-8-5-2/h25,27,55H,4-24,26,28-54H2,1-3H3/b27-25-/t55-/m1/s1. The Morgan fingerprint density at radius 1 is 0.297 bits per heavy atom. The molecule has 1 atom stereocenters. The van der Waals surface area contributed by atoms with Crippen LogP contribution in [0, 0.1) is 0 Å². The molecule has 0 rings (SSSR count). The number of carbonyl (C=O) groups is 3. The van der Waals surface area contributed by atoms with Gasteiger partial charge in [0.25, 0.3) is 0 Å². The van der Waals surface area contributed by atoms with Gasteiger partial charge in [0.2, 0.25) is 0 Å². The zero-order chi connectivity index (χ0) is 46.5. The van der Waals surface area contributed by atoms with E-state index < -0.39 is 6.10 Å². The van der Waals surface area contributed by atoms with E-state index in [9.17, 15) is 14.4 Å². The van der Waals surface area contributed by atoms with Crippen molar-refractivity contribution in [2.45, 2.75) is 329 Å². The van der Waals surface area contributed by atoms with Crippen LogP contribution in [0.5, 0.6) is 0 Å². The number of esters is 3. The third-order valence-electron chi connectivity index (χ3n) is 13.0. The highest BCUT2D eigenvalue weighted by atomic mass is 16.6. The average Bonchev–Trinajstić information content (AvgIpc) is 3.29. The van der Waals surface area contributed by atoms with Crippen LogP contribution in [-0.2, 0) is 28.6 Å². The summed E-state index contributed by atoms with van der Waals surface area (Å²) in [6, 6.07) is 0. The number of allylic oxidation sites excluding steroid dienone is 2. The Labute approximate surface area is 399 Å². The summed E-state index contributed by atoms with van der Waals surface area (Å²) >= 11 is 0. The van der Waals surface area contributed by atoms with Gasteiger partial charge in [0.1, 0.15) is 13.2 Å². The van der Waals surface area contributed by atoms with Gasteiger partial charge in [0.05, 0.1) is 0 Å². The topological polar surface area (TPSA) is 78.9 Å². The highest BCUT2D eigenvalue weighted by Gasteiger charge is 2.19. The lowest BCUT2D eigenvalue weighted by Gasteiger charge is -2.18. The Hall–Kier alpha value is -1.85. The summed E-state index contributed by atoms with van der Waals surface area (Å²) in [4.78, 5) is 38.1. The van der Waals surface area contributed by atoms with E-state index in [1.807, 2.05) is 0 Å². The fraction of sp³-hybridized carbons (Fsp3) is 0.914. The van der Waals surface area contributed by atoms with E-state index in [4.69, 9.17) is 14.2 Å². The van der Waals surface area contributed by atoms with Gasteiger partial charge >= 0.3 is 17.9 Å². The van der Waals surface area contributed by atoms with Crippen molar-refractivity contribution in [2.24, 2.45) is 0 Å². The third-order valence-corrected chi connectivity index (χ3v) is 13.0. The fourth-order valence-electron chi connectivity index (χ4n) is 8.68. The van der Waals surface area contributed by atoms with Gasteiger partial charge in [-0.05, 0) is 44.9 Å². The molecule has 0 aliphatic carbocycles. The Balaban J connectivity index is 4.28. The quantitative estimate of drug-likeness (QED) is 0.0262. The summed E-state index contributed by atoms with van der Waals surface area (Å²) in [6.45, 7) is 6.68. The maximum Gasteiger partial charge on any atom is 0.306 e. The van der Waals surface area contributed by atoms with Gasteiger partial charge in [-0.3, -0.25) is 14.4 Å². The van der Waals surface area contributed by atoms with Crippen LogP contribution in [0.15, 0.2) is 12.2 Å². The summed E-state index contributed by atoms with van der Waals surface area (Å²) in [5.41, 5.74) is 0. The molecule has 0 heterocycles. The molecule has 0 fully saturated rings. The molecule has 378 valence electrons. The normalized spacial score (nSPS) is 12.0. The number of hydrogen-bond acceptors (Lipinski definition) is 6. The summed E-state index contributed by atoms with van der Waals surface area (Å²) in [6.07, 6.45) is 60.6. The molecule has 0 aromatic rings. The highest BCUT2D eigenvalue weighted by Crippen LogP contribution is 2.17. The maximum absolute atomic E-state index is 12.8. The van der Waals surface area contributed by atoms with Crippen molar-refractivity contribution in [3.63, 3.8) is 0 Å². The maximum atomic E-state index is 12.8. The summed E-state index contributed by atoms with van der Waals surface area (Å²) in [5.74, 6) is -0.848. The van der Waals surface area contributed by atoms with Crippen LogP contribution in [0.4, 0.5) is 0 Å². The SMILES string of the molecule is CCCCCCCC/C=C\CCCCCCCCCC(=O)O[C@H](COC(=O)CCCCCCCCCCCCC)COC(=O)CCCCCCCCCCCCCCCCCCCC. The Kier molecular flexibility index (Phi) is 52.2. The molecule has 0 amide bonds. The minimum absolute atomic E-state index is 0.0659. The van der Waals surface area contributed by atoms with Gasteiger partial charge in [-0.2, -0.15) is 0 Å². The van der Waals surface area contributed by atoms with Crippen molar-refractivity contribution in [1.29, 1.82) is 0 Å². The molecular weight excluding hydrogens is 793 g/mol. The molecule has 64 heavy (non-hydrogen) atoms. The van der Waals surface area contributed by atoms with Crippen LogP contribution in [0.25, 0.3) is 0 Å². The number of ether oxygens (including phenoxy) is 3. The first-order valence-electron chi connectivity index (χ1n) is 28.7. The molecule has 0 saturated carbocycles. The van der Waals surface area contributed by atoms with E-state index in [-0.39, 0.29) is 31.1 Å². The van der Waals surface area contributed by atoms with E-state index in [1.165, 1.54) is 225 Å². The van der Waals surface area contributed by atoms with Gasteiger partial charge in [-0.1, -0.05) is 270 Å². The van der Waals surface area contributed by atoms with Gasteiger partial charge in [-0.15, -0.1) is 0 Å². The molecule has 0 unspecified atom stereocenters. The minimum atomic E-state index is -0.766. The van der Waals surface area contributed by atoms with Crippen molar-refractivity contribution >= 4 is 17.9 Å². The zero-order valence-electron chi connectivity index (χ0n) is 43.3. The molecule has 0 aliphatic rings. The van der Waals surface area contributed by atoms with Crippen LogP contribution < -0.4 is 0 Å². The van der Waals surface area contributed by atoms with Crippen LogP contribution in [-0.4, -0.2) is 37.2 Å². The van der Waals surface area contributed by atoms with Crippen molar-refractivity contribution in [2.75, 3.05) is 13.2 Å². The predicted octanol–water partition coefficient (Wildman–Crippen LogP) is 18.9. The fourth-order valence-corrected chi connectivity index (χ4v) is 8.68. The third kappa shape index (κ3) is 51.1. The molecule has 0 saturated heterocycles. The molecule has 0 spiro atoms. The molecule has 6 heteroatoms. The van der Waals surface area contributed by atoms with E-state index in [1.54, 1.807) is 0 Å². The first-order valence-corrected chi connectivity index (χ1v) is 28.7. The van der Waals surface area contributed by atoms with Crippen molar-refractivity contribution in [3.05, 3.63) is 12.2 Å². The summed E-state index contributed by atoms with van der Waals surface area (Å²) < 4.78 is 16.9. The molecule has 0 aromatic heterocycles. The molecule has 0 aliphatic heterocycles. The van der Waals surface area contributed by atoms with Crippen LogP contribution in [0.3, 0.4) is 0 Å². The van der Waals surface area contributed by atoms with Crippen LogP contribution >= 0.6 is 0 Å². The summed E-state index contributed by atoms with van der Waals surface area (Å²) in [7, 11) is 0. The van der Waals surface area contributed by atoms with Gasteiger partial charge < -0.3 is 14.2 Å². The Morgan fingerprint density at radius 2 is 0.516 bits per heavy atom. The van der Waals surface area contributed by atoms with Crippen molar-refractivity contribution in [1.82, 2.24) is 0 Å². The zero-order valence-corrected chi connectivity index (χ0v) is 43.3. The molecule has 0 N–H and O–H groups in total. The number of unbranched alkanes of at least 4 members (excludes halogenated alkanes) is 40. The second kappa shape index (κ2) is 53.8. The van der Waals surface area contributed by atoms with Crippen molar-refractivity contribution in [3.8, 4) is 0 Å². The predicted molar refractivity (Wildman–Crippen MR) is 275 cm³/mol. The highest BCUT2D eigenvalue weighted by molar-refractivity contribution is 5.71. The molecular formula is C58H110O6. The molecule has 0 aromatic carbocycles. The molecule has 6 nitrogen and oxygen atoms in total. The van der Waals surface area contributed by atoms with Crippen molar-refractivity contribution < 1.29 is 28.6 Å². The second-order valence-electron chi connectivity index (χ2n) is 19.6. The lowest BCUT2D eigenvalue weighted by Crippen LogP contribution is -2.30. The number of rotatable bonds is 53. The van der Waals surface area contributed by atoms with E-state index in [2.05, 4.69) is 32.9 Å². The molecule has 0 bridgehead atoms. The van der Waals surface area contributed by atoms with E-state index in [0.717, 1.165) is 57.8 Å². The largest absolute Gasteiger partial charge is 0.462 e. The Morgan fingerprint density at radius 3 is 0.781 bits per heavy atom. The van der Waals surface area contributed by atoms with Crippen LogP contribution in [0.2, 0.25) is 0 Å². The Bertz CT molecular complexity index is 993. The smallest absolute Gasteiger partial charge is 0.306 e. The second-order valence-corrected chi connectivity index (χ2v) is 19.6. The number of hydrogen-bond donors (Lipinski definition) is 0. The first kappa shape index (κ1) is 62.1. The molecule has 0 radical (unpaired) electrons. The van der Waals surface area contributed by atoms with E-state index in [0.29, 0.717) is 19.3 Å². The minimum Gasteiger partial charge on any atom is -0.462 e. The number of carbonyl (C=O) groups excluding carboxylic acids is 3.